The van der Waals surface area contributed by atoms with E-state index >= 15 is 0 Å². The molecule has 0 aliphatic carbocycles. The van der Waals surface area contributed by atoms with Gasteiger partial charge in [0.25, 0.3) is 5.91 Å². The Bertz CT molecular complexity index is 945. The molecule has 9 nitrogen and oxygen atoms in total. The predicted molar refractivity (Wildman–Crippen MR) is 97.4 cm³/mol. The highest BCUT2D eigenvalue weighted by Crippen LogP contribution is 2.31. The Morgan fingerprint density at radius 3 is 2.85 bits per heavy atom. The SMILES string of the molecule is CS(=O)(=O)N1CCOC2(CCN(C(=O)c3cc(-c4ccccn4)n[nH]3)C2)C1. The minimum atomic E-state index is -3.28. The minimum absolute atomic E-state index is 0.179. The summed E-state index contributed by atoms with van der Waals surface area (Å²) in [6.07, 6.45) is 3.48. The highest BCUT2D eigenvalue weighted by Gasteiger charge is 2.46. The maximum Gasteiger partial charge on any atom is 0.271 e. The van der Waals surface area contributed by atoms with Crippen molar-refractivity contribution in [3.05, 3.63) is 36.2 Å². The van der Waals surface area contributed by atoms with Gasteiger partial charge in [0.2, 0.25) is 10.0 Å². The van der Waals surface area contributed by atoms with Crippen LogP contribution in [0.4, 0.5) is 0 Å². The molecule has 0 radical (unpaired) electrons. The van der Waals surface area contributed by atoms with Crippen LogP contribution in [0.25, 0.3) is 11.4 Å². The summed E-state index contributed by atoms with van der Waals surface area (Å²) >= 11 is 0. The molecule has 1 unspecified atom stereocenters. The van der Waals surface area contributed by atoms with E-state index in [9.17, 15) is 13.2 Å². The maximum atomic E-state index is 12.8. The largest absolute Gasteiger partial charge is 0.370 e. The highest BCUT2D eigenvalue weighted by molar-refractivity contribution is 7.88. The lowest BCUT2D eigenvalue weighted by molar-refractivity contribution is -0.0795. The highest BCUT2D eigenvalue weighted by atomic mass is 32.2. The number of hydrogen-bond acceptors (Lipinski definition) is 6. The number of nitrogens with zero attached hydrogens (tertiary/aromatic N) is 4. The first-order chi connectivity index (χ1) is 12.9. The number of H-pyrrole nitrogens is 1. The van der Waals surface area contributed by atoms with Crippen molar-refractivity contribution in [1.82, 2.24) is 24.4 Å². The summed E-state index contributed by atoms with van der Waals surface area (Å²) < 4.78 is 31.1. The van der Waals surface area contributed by atoms with Crippen LogP contribution >= 0.6 is 0 Å². The Hall–Kier alpha value is -2.30. The first kappa shape index (κ1) is 18.1. The van der Waals surface area contributed by atoms with E-state index in [1.165, 1.54) is 10.6 Å². The molecule has 144 valence electrons. The molecule has 4 heterocycles. The molecule has 2 aromatic rings. The second-order valence-electron chi connectivity index (χ2n) is 6.99. The van der Waals surface area contributed by atoms with E-state index in [2.05, 4.69) is 15.2 Å². The lowest BCUT2D eigenvalue weighted by atomic mass is 10.0. The maximum absolute atomic E-state index is 12.8. The zero-order valence-corrected chi connectivity index (χ0v) is 15.8. The molecule has 0 saturated carbocycles. The van der Waals surface area contributed by atoms with Gasteiger partial charge in [-0.2, -0.15) is 9.40 Å². The van der Waals surface area contributed by atoms with Crippen LogP contribution < -0.4 is 0 Å². The third-order valence-electron chi connectivity index (χ3n) is 5.02. The molecule has 1 N–H and O–H groups in total. The lowest BCUT2D eigenvalue weighted by Gasteiger charge is -2.39. The van der Waals surface area contributed by atoms with E-state index < -0.39 is 15.6 Å². The number of aromatic nitrogens is 3. The average molecular weight is 391 g/mol. The number of amides is 1. The molecule has 4 rings (SSSR count). The van der Waals surface area contributed by atoms with Crippen LogP contribution in [-0.4, -0.2) is 83.4 Å². The second kappa shape index (κ2) is 6.70. The smallest absolute Gasteiger partial charge is 0.271 e. The molecule has 2 aromatic heterocycles. The zero-order valence-electron chi connectivity index (χ0n) is 15.0. The van der Waals surface area contributed by atoms with Gasteiger partial charge < -0.3 is 9.64 Å². The van der Waals surface area contributed by atoms with Crippen molar-refractivity contribution >= 4 is 15.9 Å². The number of ether oxygens (including phenoxy) is 1. The van der Waals surface area contributed by atoms with Crippen LogP contribution in [0, 0.1) is 0 Å². The summed E-state index contributed by atoms with van der Waals surface area (Å²) in [5.74, 6) is -0.179. The summed E-state index contributed by atoms with van der Waals surface area (Å²) in [5, 5.41) is 6.95. The summed E-state index contributed by atoms with van der Waals surface area (Å²) in [5.41, 5.74) is 1.03. The Balaban J connectivity index is 1.48. The van der Waals surface area contributed by atoms with Crippen LogP contribution in [0.3, 0.4) is 0 Å². The quantitative estimate of drug-likeness (QED) is 0.809. The average Bonchev–Trinajstić information content (AvgIpc) is 3.29. The van der Waals surface area contributed by atoms with Crippen molar-refractivity contribution in [2.45, 2.75) is 12.0 Å². The summed E-state index contributed by atoms with van der Waals surface area (Å²) in [6.45, 7) is 1.83. The van der Waals surface area contributed by atoms with Crippen LogP contribution in [0.5, 0.6) is 0 Å². The van der Waals surface area contributed by atoms with Gasteiger partial charge in [0.15, 0.2) is 0 Å². The third kappa shape index (κ3) is 3.60. The molecule has 2 fully saturated rings. The number of carbonyl (C=O) groups is 1. The van der Waals surface area contributed by atoms with Gasteiger partial charge in [-0.1, -0.05) is 6.07 Å². The van der Waals surface area contributed by atoms with Crippen LogP contribution in [-0.2, 0) is 14.8 Å². The molecule has 1 spiro atoms. The van der Waals surface area contributed by atoms with E-state index in [-0.39, 0.29) is 12.5 Å². The number of rotatable bonds is 3. The summed E-state index contributed by atoms with van der Waals surface area (Å²) in [7, 11) is -3.28. The molecule has 2 saturated heterocycles. The molecule has 0 bridgehead atoms. The fraction of sp³-hybridized carbons (Fsp3) is 0.471. The minimum Gasteiger partial charge on any atom is -0.370 e. The number of aromatic amines is 1. The molecule has 0 aromatic carbocycles. The molecule has 2 aliphatic heterocycles. The Morgan fingerprint density at radius 2 is 2.11 bits per heavy atom. The number of pyridine rings is 1. The Kier molecular flexibility index (Phi) is 4.49. The normalized spacial score (nSPS) is 23.8. The summed E-state index contributed by atoms with van der Waals surface area (Å²) in [4.78, 5) is 18.8. The van der Waals surface area contributed by atoms with Gasteiger partial charge in [0.05, 0.1) is 25.1 Å². The number of hydrogen-bond donors (Lipinski definition) is 1. The van der Waals surface area contributed by atoms with Crippen molar-refractivity contribution in [2.24, 2.45) is 0 Å². The van der Waals surface area contributed by atoms with E-state index in [0.29, 0.717) is 49.7 Å². The van der Waals surface area contributed by atoms with Gasteiger partial charge in [-0.25, -0.2) is 8.42 Å². The first-order valence-electron chi connectivity index (χ1n) is 8.72. The van der Waals surface area contributed by atoms with Crippen LogP contribution in [0.2, 0.25) is 0 Å². The number of nitrogens with one attached hydrogen (secondary N) is 1. The van der Waals surface area contributed by atoms with Crippen molar-refractivity contribution in [1.29, 1.82) is 0 Å². The standard InChI is InChI=1S/C17H21N5O4S/c1-27(24,25)22-8-9-26-17(12-22)5-7-21(11-17)16(23)15-10-14(19-20-15)13-4-2-3-6-18-13/h2-4,6,10H,5,7-9,11-12H2,1H3,(H,19,20). The second-order valence-corrected chi connectivity index (χ2v) is 8.97. The van der Waals surface area contributed by atoms with E-state index in [1.807, 2.05) is 18.2 Å². The molecule has 1 atom stereocenters. The van der Waals surface area contributed by atoms with Gasteiger partial charge in [-0.3, -0.25) is 14.9 Å². The van der Waals surface area contributed by atoms with Crippen molar-refractivity contribution in [3.8, 4) is 11.4 Å². The van der Waals surface area contributed by atoms with Gasteiger partial charge in [0, 0.05) is 25.8 Å². The van der Waals surface area contributed by atoms with Gasteiger partial charge in [-0.05, 0) is 24.6 Å². The number of likely N-dealkylation sites (tertiary alicyclic amines) is 1. The summed E-state index contributed by atoms with van der Waals surface area (Å²) in [6, 6.07) is 7.18. The molecule has 1 amide bonds. The molecule has 2 aliphatic rings. The van der Waals surface area contributed by atoms with Gasteiger partial charge >= 0.3 is 0 Å². The third-order valence-corrected chi connectivity index (χ3v) is 6.27. The van der Waals surface area contributed by atoms with Crippen molar-refractivity contribution < 1.29 is 17.9 Å². The van der Waals surface area contributed by atoms with E-state index in [0.717, 1.165) is 0 Å². The van der Waals surface area contributed by atoms with Gasteiger partial charge in [0.1, 0.15) is 17.0 Å². The topological polar surface area (TPSA) is 108 Å². The Labute approximate surface area is 157 Å². The van der Waals surface area contributed by atoms with Crippen LogP contribution in [0.1, 0.15) is 16.9 Å². The number of morpholine rings is 1. The van der Waals surface area contributed by atoms with E-state index in [1.54, 1.807) is 17.2 Å². The monoisotopic (exact) mass is 391 g/mol. The number of sulfonamides is 1. The lowest BCUT2D eigenvalue weighted by Crippen LogP contribution is -2.54. The zero-order chi connectivity index (χ0) is 19.1. The van der Waals surface area contributed by atoms with Crippen molar-refractivity contribution in [3.63, 3.8) is 0 Å². The molecular weight excluding hydrogens is 370 g/mol. The molecule has 27 heavy (non-hydrogen) atoms. The predicted octanol–water partition coefficient (Wildman–Crippen LogP) is 0.348. The number of carbonyl (C=O) groups excluding carboxylic acids is 1. The molecular formula is C17H21N5O4S. The fourth-order valence-corrected chi connectivity index (χ4v) is 4.48. The first-order valence-corrected chi connectivity index (χ1v) is 10.6. The van der Waals surface area contributed by atoms with Crippen molar-refractivity contribution in [2.75, 3.05) is 39.0 Å². The molecule has 10 heteroatoms. The van der Waals surface area contributed by atoms with Crippen LogP contribution in [0.15, 0.2) is 30.5 Å². The van der Waals surface area contributed by atoms with E-state index in [4.69, 9.17) is 4.74 Å². The fourth-order valence-electron chi connectivity index (χ4n) is 3.61. The Morgan fingerprint density at radius 1 is 1.26 bits per heavy atom. The van der Waals surface area contributed by atoms with Gasteiger partial charge in [-0.15, -0.1) is 0 Å².